The normalized spacial score (nSPS) is 10.4. The van der Waals surface area contributed by atoms with Gasteiger partial charge in [-0.25, -0.2) is 0 Å². The van der Waals surface area contributed by atoms with Crippen molar-refractivity contribution >= 4 is 5.82 Å². The fourth-order valence-electron chi connectivity index (χ4n) is 2.15. The number of rotatable bonds is 5. The fraction of sp³-hybridized carbons (Fsp3) is 0.357. The van der Waals surface area contributed by atoms with Crippen molar-refractivity contribution in [1.82, 2.24) is 5.16 Å². The topological polar surface area (TPSA) is 79.7 Å². The summed E-state index contributed by atoms with van der Waals surface area (Å²) in [4.78, 5) is 0. The Balaban J connectivity index is 2.68. The number of nitrogen functional groups attached to an aromatic ring is 1. The van der Waals surface area contributed by atoms with Crippen LogP contribution in [0.15, 0.2) is 16.7 Å². The number of anilines is 1. The van der Waals surface area contributed by atoms with Gasteiger partial charge < -0.3 is 24.5 Å². The Hall–Kier alpha value is -2.37. The smallest absolute Gasteiger partial charge is 0.204 e. The van der Waals surface area contributed by atoms with Crippen LogP contribution in [0.1, 0.15) is 12.5 Å². The van der Waals surface area contributed by atoms with E-state index in [1.165, 1.54) is 0 Å². The van der Waals surface area contributed by atoms with Crippen LogP contribution in [0, 0.1) is 0 Å². The Bertz CT molecular complexity index is 607. The van der Waals surface area contributed by atoms with Gasteiger partial charge in [-0.05, 0) is 18.6 Å². The summed E-state index contributed by atoms with van der Waals surface area (Å²) < 4.78 is 21.4. The summed E-state index contributed by atoms with van der Waals surface area (Å²) in [5.41, 5.74) is 7.38. The molecule has 0 unspecified atom stereocenters. The van der Waals surface area contributed by atoms with E-state index in [1.54, 1.807) is 27.4 Å². The summed E-state index contributed by atoms with van der Waals surface area (Å²) >= 11 is 0. The average Bonchev–Trinajstić information content (AvgIpc) is 2.85. The molecular weight excluding hydrogens is 260 g/mol. The van der Waals surface area contributed by atoms with Crippen molar-refractivity contribution in [1.29, 1.82) is 0 Å². The molecule has 0 aliphatic carbocycles. The molecule has 0 aliphatic heterocycles. The van der Waals surface area contributed by atoms with E-state index in [2.05, 4.69) is 5.16 Å². The highest BCUT2D eigenvalue weighted by Gasteiger charge is 2.22. The molecule has 20 heavy (non-hydrogen) atoms. The highest BCUT2D eigenvalue weighted by atomic mass is 16.5. The molecule has 1 aromatic heterocycles. The minimum absolute atomic E-state index is 0.388. The average molecular weight is 278 g/mol. The largest absolute Gasteiger partial charge is 0.493 e. The van der Waals surface area contributed by atoms with Crippen LogP contribution in [0.3, 0.4) is 0 Å². The maximum absolute atomic E-state index is 5.81. The van der Waals surface area contributed by atoms with E-state index in [0.717, 1.165) is 11.1 Å². The van der Waals surface area contributed by atoms with Gasteiger partial charge in [-0.3, -0.25) is 0 Å². The van der Waals surface area contributed by atoms with Gasteiger partial charge in [-0.2, -0.15) is 0 Å². The van der Waals surface area contributed by atoms with E-state index in [9.17, 15) is 0 Å². The second kappa shape index (κ2) is 5.73. The predicted molar refractivity (Wildman–Crippen MR) is 75.4 cm³/mol. The summed E-state index contributed by atoms with van der Waals surface area (Å²) in [6, 6.07) is 3.62. The van der Waals surface area contributed by atoms with Gasteiger partial charge in [0.1, 0.15) is 0 Å². The van der Waals surface area contributed by atoms with Crippen molar-refractivity contribution in [3.05, 3.63) is 17.7 Å². The standard InChI is InChI=1S/C14H18N2O4/c1-5-8-11(20-16-14(8)15)9-6-7-10(17-2)13(19-4)12(9)18-3/h6-7H,5H2,1-4H3,(H2,15,16). The van der Waals surface area contributed by atoms with Gasteiger partial charge >= 0.3 is 0 Å². The maximum atomic E-state index is 5.81. The van der Waals surface area contributed by atoms with E-state index < -0.39 is 0 Å². The third-order valence-electron chi connectivity index (χ3n) is 3.12. The van der Waals surface area contributed by atoms with Crippen LogP contribution in [0.2, 0.25) is 0 Å². The molecular formula is C14H18N2O4. The molecule has 0 fully saturated rings. The first-order chi connectivity index (χ1) is 9.67. The second-order valence-electron chi connectivity index (χ2n) is 4.11. The third kappa shape index (κ3) is 2.13. The summed E-state index contributed by atoms with van der Waals surface area (Å²) in [7, 11) is 4.69. The van der Waals surface area contributed by atoms with Gasteiger partial charge in [0, 0.05) is 5.56 Å². The van der Waals surface area contributed by atoms with Crippen LogP contribution in [-0.2, 0) is 6.42 Å². The highest BCUT2D eigenvalue weighted by Crippen LogP contribution is 2.45. The van der Waals surface area contributed by atoms with Gasteiger partial charge in [0.25, 0.3) is 0 Å². The Morgan fingerprint density at radius 2 is 1.80 bits per heavy atom. The van der Waals surface area contributed by atoms with Crippen LogP contribution in [0.25, 0.3) is 11.3 Å². The maximum Gasteiger partial charge on any atom is 0.204 e. The molecule has 1 aromatic carbocycles. The van der Waals surface area contributed by atoms with Crippen molar-refractivity contribution in [2.45, 2.75) is 13.3 Å². The van der Waals surface area contributed by atoms with Gasteiger partial charge in [-0.15, -0.1) is 0 Å². The zero-order valence-electron chi connectivity index (χ0n) is 12.0. The van der Waals surface area contributed by atoms with E-state index in [-0.39, 0.29) is 0 Å². The minimum atomic E-state index is 0.388. The Morgan fingerprint density at radius 3 is 2.35 bits per heavy atom. The van der Waals surface area contributed by atoms with Crippen LogP contribution in [0.5, 0.6) is 17.2 Å². The lowest BCUT2D eigenvalue weighted by atomic mass is 10.0. The van der Waals surface area contributed by atoms with Crippen LogP contribution >= 0.6 is 0 Å². The fourth-order valence-corrected chi connectivity index (χ4v) is 2.15. The van der Waals surface area contributed by atoms with E-state index >= 15 is 0 Å². The van der Waals surface area contributed by atoms with Crippen molar-refractivity contribution in [3.8, 4) is 28.6 Å². The first-order valence-corrected chi connectivity index (χ1v) is 6.21. The molecule has 0 saturated carbocycles. The molecule has 2 rings (SSSR count). The van der Waals surface area contributed by atoms with Crippen LogP contribution < -0.4 is 19.9 Å². The number of nitrogens with two attached hydrogens (primary N) is 1. The van der Waals surface area contributed by atoms with Crippen LogP contribution in [0.4, 0.5) is 5.82 Å². The zero-order valence-corrected chi connectivity index (χ0v) is 12.0. The lowest BCUT2D eigenvalue weighted by Crippen LogP contribution is -1.97. The number of hydrogen-bond acceptors (Lipinski definition) is 6. The van der Waals surface area contributed by atoms with Gasteiger partial charge in [-0.1, -0.05) is 12.1 Å². The first kappa shape index (κ1) is 14.0. The molecule has 0 aliphatic rings. The van der Waals surface area contributed by atoms with Crippen molar-refractivity contribution in [2.75, 3.05) is 27.1 Å². The number of benzene rings is 1. The molecule has 6 nitrogen and oxygen atoms in total. The number of methoxy groups -OCH3 is 3. The molecule has 0 spiro atoms. The number of ether oxygens (including phenoxy) is 3. The number of hydrogen-bond donors (Lipinski definition) is 1. The van der Waals surface area contributed by atoms with E-state index in [0.29, 0.717) is 35.2 Å². The van der Waals surface area contributed by atoms with E-state index in [1.807, 2.05) is 13.0 Å². The number of aromatic nitrogens is 1. The van der Waals surface area contributed by atoms with E-state index in [4.69, 9.17) is 24.5 Å². The predicted octanol–water partition coefficient (Wildman–Crippen LogP) is 2.51. The van der Waals surface area contributed by atoms with Crippen molar-refractivity contribution in [3.63, 3.8) is 0 Å². The summed E-state index contributed by atoms with van der Waals surface area (Å²) in [6.07, 6.45) is 0.710. The second-order valence-corrected chi connectivity index (χ2v) is 4.11. The third-order valence-corrected chi connectivity index (χ3v) is 3.12. The molecule has 0 bridgehead atoms. The summed E-state index contributed by atoms with van der Waals surface area (Å²) in [5, 5.41) is 3.81. The van der Waals surface area contributed by atoms with Crippen molar-refractivity contribution in [2.24, 2.45) is 0 Å². The monoisotopic (exact) mass is 278 g/mol. The molecule has 6 heteroatoms. The first-order valence-electron chi connectivity index (χ1n) is 6.21. The Kier molecular flexibility index (Phi) is 4.02. The molecule has 2 N–H and O–H groups in total. The minimum Gasteiger partial charge on any atom is -0.493 e. The Morgan fingerprint density at radius 1 is 1.10 bits per heavy atom. The lowest BCUT2D eigenvalue weighted by Gasteiger charge is -2.14. The SMILES string of the molecule is CCc1c(N)noc1-c1ccc(OC)c(OC)c1OC. The lowest BCUT2D eigenvalue weighted by molar-refractivity contribution is 0.324. The highest BCUT2D eigenvalue weighted by molar-refractivity contribution is 5.76. The van der Waals surface area contributed by atoms with Crippen LogP contribution in [-0.4, -0.2) is 26.5 Å². The van der Waals surface area contributed by atoms with Crippen molar-refractivity contribution < 1.29 is 18.7 Å². The summed E-state index contributed by atoms with van der Waals surface area (Å²) in [5.74, 6) is 2.59. The molecule has 2 aromatic rings. The molecule has 108 valence electrons. The number of nitrogens with zero attached hydrogens (tertiary/aromatic N) is 1. The Labute approximate surface area is 117 Å². The molecule has 0 saturated heterocycles. The van der Waals surface area contributed by atoms with Gasteiger partial charge in [0.05, 0.1) is 26.9 Å². The molecule has 0 atom stereocenters. The molecule has 1 heterocycles. The molecule has 0 amide bonds. The zero-order chi connectivity index (χ0) is 14.7. The van der Waals surface area contributed by atoms with Gasteiger partial charge in [0.2, 0.25) is 5.75 Å². The molecule has 0 radical (unpaired) electrons. The summed E-state index contributed by atoms with van der Waals surface area (Å²) in [6.45, 7) is 1.99. The van der Waals surface area contributed by atoms with Gasteiger partial charge in [0.15, 0.2) is 23.1 Å². The quantitative estimate of drug-likeness (QED) is 0.905.